The Bertz CT molecular complexity index is 602. The summed E-state index contributed by atoms with van der Waals surface area (Å²) in [4.78, 5) is 1.48. The van der Waals surface area contributed by atoms with Crippen LogP contribution in [0.15, 0.2) is 24.3 Å². The second-order valence-corrected chi connectivity index (χ2v) is 7.45. The molecule has 0 radical (unpaired) electrons. The van der Waals surface area contributed by atoms with Crippen LogP contribution in [0.3, 0.4) is 0 Å². The van der Waals surface area contributed by atoms with Gasteiger partial charge in [-0.3, -0.25) is 0 Å². The number of hydrogen-bond acceptors (Lipinski definition) is 4. The van der Waals surface area contributed by atoms with Crippen LogP contribution in [0.5, 0.6) is 0 Å². The van der Waals surface area contributed by atoms with E-state index in [9.17, 15) is 25.2 Å². The summed E-state index contributed by atoms with van der Waals surface area (Å²) >= 11 is 0. The molecule has 0 saturated heterocycles. The summed E-state index contributed by atoms with van der Waals surface area (Å²) in [5.41, 5.74) is 1.76. The predicted molar refractivity (Wildman–Crippen MR) is 71.1 cm³/mol. The molecular weight excluding hydrogens is 344 g/mol. The number of nitrogens with zero attached hydrogens (tertiary/aromatic N) is 4. The van der Waals surface area contributed by atoms with E-state index in [-0.39, 0.29) is 8.96 Å². The van der Waals surface area contributed by atoms with Gasteiger partial charge in [-0.15, -0.1) is 5.10 Å². The fourth-order valence-corrected chi connectivity index (χ4v) is 1.50. The van der Waals surface area contributed by atoms with Gasteiger partial charge in [0.25, 0.3) is 8.96 Å². The minimum absolute atomic E-state index is 0.239. The third kappa shape index (κ3) is 9.38. The normalized spacial score (nSPS) is 15.7. The van der Waals surface area contributed by atoms with Crippen LogP contribution < -0.4 is 4.62 Å². The monoisotopic (exact) mass is 356 g/mol. The van der Waals surface area contributed by atoms with Gasteiger partial charge >= 0.3 is 33.0 Å². The number of rotatable bonds is 3. The Hall–Kier alpha value is -1.18. The molecule has 13 heteroatoms. The molecule has 0 N–H and O–H groups in total. The van der Waals surface area contributed by atoms with E-state index in [4.69, 9.17) is 4.62 Å². The second kappa shape index (κ2) is 5.23. The van der Waals surface area contributed by atoms with Crippen LogP contribution in [-0.4, -0.2) is 33.9 Å². The van der Waals surface area contributed by atoms with Crippen molar-refractivity contribution in [3.63, 3.8) is 0 Å². The molecular formula is C8H12F6N4OP2. The number of hydrogen-bond donors (Lipinski definition) is 0. The molecule has 2 aromatic rings. The fourth-order valence-electron chi connectivity index (χ4n) is 1.06. The maximum atomic E-state index is 9.87. The zero-order valence-electron chi connectivity index (χ0n) is 10.8. The van der Waals surface area contributed by atoms with Crippen LogP contribution in [0.4, 0.5) is 25.2 Å². The number of para-hydroxylation sites is 1. The molecule has 0 aliphatic rings. The number of halogens is 6. The van der Waals surface area contributed by atoms with E-state index in [1.54, 1.807) is 0 Å². The molecule has 1 atom stereocenters. The molecule has 122 valence electrons. The van der Waals surface area contributed by atoms with Crippen molar-refractivity contribution in [2.24, 2.45) is 0 Å². The molecule has 1 heterocycles. The Labute approximate surface area is 117 Å². The van der Waals surface area contributed by atoms with Crippen LogP contribution in [0.2, 0.25) is 0 Å². The second-order valence-electron chi connectivity index (χ2n) is 4.08. The molecule has 2 rings (SSSR count). The van der Waals surface area contributed by atoms with Gasteiger partial charge in [0.1, 0.15) is 11.0 Å². The first-order chi connectivity index (χ1) is 9.22. The third-order valence-electron chi connectivity index (χ3n) is 1.68. The van der Waals surface area contributed by atoms with Crippen molar-refractivity contribution in [2.75, 3.05) is 14.1 Å². The third-order valence-corrected chi connectivity index (χ3v) is 2.39. The fraction of sp³-hybridized carbons (Fsp3) is 0.250. The van der Waals surface area contributed by atoms with Gasteiger partial charge in [0.2, 0.25) is 0 Å². The summed E-state index contributed by atoms with van der Waals surface area (Å²) < 4.78 is 66.7. The summed E-state index contributed by atoms with van der Waals surface area (Å²) in [5.74, 6) is 0. The number of fused-ring (bicyclic) bond motifs is 1. The average Bonchev–Trinajstić information content (AvgIpc) is 2.65. The van der Waals surface area contributed by atoms with Crippen molar-refractivity contribution in [1.82, 2.24) is 19.8 Å². The molecule has 5 nitrogen and oxygen atoms in total. The van der Waals surface area contributed by atoms with Gasteiger partial charge in [0.15, 0.2) is 0 Å². The van der Waals surface area contributed by atoms with E-state index in [1.807, 2.05) is 43.0 Å². The first kappa shape index (κ1) is 17.9. The molecule has 0 amide bonds. The molecule has 0 spiro atoms. The van der Waals surface area contributed by atoms with Crippen molar-refractivity contribution in [3.05, 3.63) is 24.3 Å². The van der Waals surface area contributed by atoms with Gasteiger partial charge < -0.3 is 0 Å². The molecule has 0 aliphatic carbocycles. The Morgan fingerprint density at radius 3 is 2.14 bits per heavy atom. The number of aromatic nitrogens is 3. The van der Waals surface area contributed by atoms with Gasteiger partial charge in [-0.2, -0.15) is 4.67 Å². The summed E-state index contributed by atoms with van der Waals surface area (Å²) in [7, 11) is -6.96. The zero-order valence-corrected chi connectivity index (χ0v) is 12.8. The van der Waals surface area contributed by atoms with Gasteiger partial charge in [0.05, 0.1) is 0 Å². The van der Waals surface area contributed by atoms with Crippen molar-refractivity contribution < 1.29 is 29.8 Å². The maximum absolute atomic E-state index is 10.7. The van der Waals surface area contributed by atoms with Crippen LogP contribution in [-0.2, 0) is 0 Å². The van der Waals surface area contributed by atoms with Crippen molar-refractivity contribution in [2.45, 2.75) is 0 Å². The summed E-state index contributed by atoms with van der Waals surface area (Å²) in [6, 6.07) is 7.72. The van der Waals surface area contributed by atoms with Crippen LogP contribution in [0.1, 0.15) is 0 Å². The summed E-state index contributed by atoms with van der Waals surface area (Å²) in [6.07, 6.45) is 0. The molecule has 0 saturated carbocycles. The van der Waals surface area contributed by atoms with Crippen molar-refractivity contribution in [3.8, 4) is 0 Å². The number of benzene rings is 1. The Balaban J connectivity index is 0.000000270. The Morgan fingerprint density at radius 2 is 1.62 bits per heavy atom. The van der Waals surface area contributed by atoms with E-state index in [2.05, 4.69) is 10.3 Å². The minimum atomic E-state index is -10.7. The first-order valence-electron chi connectivity index (χ1n) is 5.26. The average molecular weight is 356 g/mol. The van der Waals surface area contributed by atoms with Gasteiger partial charge in [-0.25, -0.2) is 4.62 Å². The SMILES string of the molecule is CN(C)[PH2+]On1nnc2ccccc21.F[P-](F)(F)(F)(F)F. The van der Waals surface area contributed by atoms with E-state index >= 15 is 0 Å². The van der Waals surface area contributed by atoms with Gasteiger partial charge in [-0.1, -0.05) is 12.1 Å². The van der Waals surface area contributed by atoms with E-state index < -0.39 is 7.81 Å². The van der Waals surface area contributed by atoms with E-state index in [1.165, 1.54) is 4.85 Å². The summed E-state index contributed by atoms with van der Waals surface area (Å²) in [5, 5.41) is 7.89. The first-order valence-corrected chi connectivity index (χ1v) is 8.28. The molecule has 0 aliphatic heterocycles. The Morgan fingerprint density at radius 1 is 1.10 bits per heavy atom. The molecule has 1 aromatic heterocycles. The van der Waals surface area contributed by atoms with Crippen molar-refractivity contribution >= 4 is 27.8 Å². The van der Waals surface area contributed by atoms with Crippen LogP contribution in [0.25, 0.3) is 11.0 Å². The quantitative estimate of drug-likeness (QED) is 0.615. The molecule has 0 fully saturated rings. The zero-order chi connectivity index (χ0) is 16.4. The van der Waals surface area contributed by atoms with Gasteiger partial charge in [-0.05, 0) is 22.2 Å². The van der Waals surface area contributed by atoms with Crippen LogP contribution >= 0.6 is 16.8 Å². The van der Waals surface area contributed by atoms with E-state index in [0.717, 1.165) is 11.0 Å². The molecule has 1 aromatic carbocycles. The predicted octanol–water partition coefficient (Wildman–Crippen LogP) is 4.04. The molecule has 0 bridgehead atoms. The van der Waals surface area contributed by atoms with Crippen LogP contribution in [0, 0.1) is 0 Å². The molecule has 1 unspecified atom stereocenters. The van der Waals surface area contributed by atoms with Gasteiger partial charge in [0, 0.05) is 14.1 Å². The summed E-state index contributed by atoms with van der Waals surface area (Å²) in [6.45, 7) is 0. The standard InChI is InChI=1S/C8H11N4OP.F6P/c1-11(2)14-13-12-8-6-4-3-5-7(8)9-10-12;1-7(2,3,4,5)6/h3-6,14H,1-2H3;/q;-1/p+1. The molecule has 21 heavy (non-hydrogen) atoms. The Kier molecular flexibility index (Phi) is 4.45. The van der Waals surface area contributed by atoms with E-state index in [0.29, 0.717) is 0 Å². The van der Waals surface area contributed by atoms with Crippen molar-refractivity contribution in [1.29, 1.82) is 0 Å². The topological polar surface area (TPSA) is 43.2 Å².